The van der Waals surface area contributed by atoms with E-state index < -0.39 is 5.91 Å². The molecule has 2 atom stereocenters. The fraction of sp³-hybridized carbons (Fsp3) is 0.391. The molecular weight excluding hydrogens is 366 g/mol. The molecule has 0 saturated carbocycles. The van der Waals surface area contributed by atoms with Gasteiger partial charge in [0.25, 0.3) is 5.91 Å². The van der Waals surface area contributed by atoms with Crippen molar-refractivity contribution in [2.45, 2.75) is 45.1 Å². The Bertz CT molecular complexity index is 950. The number of primary amides is 1. The number of piperidine rings is 1. The van der Waals surface area contributed by atoms with E-state index >= 15 is 0 Å². The SMILES string of the molecule is CC1Oc2c(C(=O)Nc3cc(C(N)=O)ccc3N3CCCCC3)cccc2C1C. The molecule has 0 aromatic heterocycles. The first-order valence-electron chi connectivity index (χ1n) is 10.3. The van der Waals surface area contributed by atoms with Gasteiger partial charge in [-0.2, -0.15) is 0 Å². The van der Waals surface area contributed by atoms with Crippen LogP contribution in [0, 0.1) is 0 Å². The minimum Gasteiger partial charge on any atom is -0.489 e. The van der Waals surface area contributed by atoms with E-state index in [-0.39, 0.29) is 17.9 Å². The fourth-order valence-corrected chi connectivity index (χ4v) is 4.15. The lowest BCUT2D eigenvalue weighted by Crippen LogP contribution is -2.30. The highest BCUT2D eigenvalue weighted by Crippen LogP contribution is 2.40. The molecule has 2 aromatic rings. The first kappa shape index (κ1) is 19.3. The van der Waals surface area contributed by atoms with Gasteiger partial charge in [0.2, 0.25) is 5.91 Å². The number of nitrogens with two attached hydrogens (primary N) is 1. The molecule has 6 nitrogen and oxygen atoms in total. The third-order valence-electron chi connectivity index (χ3n) is 6.01. The van der Waals surface area contributed by atoms with Crippen molar-refractivity contribution in [3.63, 3.8) is 0 Å². The lowest BCUT2D eigenvalue weighted by atomic mass is 9.96. The van der Waals surface area contributed by atoms with E-state index in [2.05, 4.69) is 17.1 Å². The van der Waals surface area contributed by atoms with Gasteiger partial charge in [-0.1, -0.05) is 19.1 Å². The predicted octanol–water partition coefficient (Wildman–Crippen LogP) is 3.91. The van der Waals surface area contributed by atoms with Gasteiger partial charge in [-0.25, -0.2) is 0 Å². The number of rotatable bonds is 4. The van der Waals surface area contributed by atoms with Crippen molar-refractivity contribution in [3.05, 3.63) is 53.1 Å². The Labute approximate surface area is 171 Å². The van der Waals surface area contributed by atoms with Crippen molar-refractivity contribution in [3.8, 4) is 5.75 Å². The van der Waals surface area contributed by atoms with Crippen molar-refractivity contribution < 1.29 is 14.3 Å². The molecule has 2 aliphatic heterocycles. The topological polar surface area (TPSA) is 84.7 Å². The van der Waals surface area contributed by atoms with Crippen molar-refractivity contribution >= 4 is 23.2 Å². The van der Waals surface area contributed by atoms with Crippen LogP contribution in [0.1, 0.15) is 65.3 Å². The van der Waals surface area contributed by atoms with E-state index in [1.165, 1.54) is 6.42 Å². The van der Waals surface area contributed by atoms with Gasteiger partial charge in [0, 0.05) is 30.1 Å². The molecule has 1 fully saturated rings. The van der Waals surface area contributed by atoms with Gasteiger partial charge < -0.3 is 20.7 Å². The first-order chi connectivity index (χ1) is 14.0. The summed E-state index contributed by atoms with van der Waals surface area (Å²) in [5.74, 6) is 0.121. The van der Waals surface area contributed by atoms with Crippen LogP contribution >= 0.6 is 0 Å². The Kier molecular flexibility index (Phi) is 5.18. The van der Waals surface area contributed by atoms with Crippen LogP contribution in [0.4, 0.5) is 11.4 Å². The number of benzene rings is 2. The number of amides is 2. The lowest BCUT2D eigenvalue weighted by molar-refractivity contribution is 0.0995. The second kappa shape index (κ2) is 7.78. The summed E-state index contributed by atoms with van der Waals surface area (Å²) in [6, 6.07) is 10.9. The van der Waals surface area contributed by atoms with Gasteiger partial charge in [-0.05, 0) is 50.5 Å². The summed E-state index contributed by atoms with van der Waals surface area (Å²) in [6.45, 7) is 5.97. The van der Waals surface area contributed by atoms with Crippen LogP contribution in [-0.4, -0.2) is 31.0 Å². The number of nitrogens with one attached hydrogen (secondary N) is 1. The van der Waals surface area contributed by atoms with Crippen molar-refractivity contribution in [2.24, 2.45) is 5.73 Å². The number of carbonyl (C=O) groups is 2. The van der Waals surface area contributed by atoms with Crippen LogP contribution in [0.5, 0.6) is 5.75 Å². The highest BCUT2D eigenvalue weighted by molar-refractivity contribution is 6.09. The lowest BCUT2D eigenvalue weighted by Gasteiger charge is -2.30. The van der Waals surface area contributed by atoms with Crippen LogP contribution < -0.4 is 20.7 Å². The Hall–Kier alpha value is -3.02. The average molecular weight is 393 g/mol. The number of nitrogens with zero attached hydrogens (tertiary/aromatic N) is 1. The highest BCUT2D eigenvalue weighted by atomic mass is 16.5. The number of anilines is 2. The summed E-state index contributed by atoms with van der Waals surface area (Å²) in [5, 5.41) is 3.01. The van der Waals surface area contributed by atoms with Crippen LogP contribution in [0.25, 0.3) is 0 Å². The average Bonchev–Trinajstić information content (AvgIpc) is 3.02. The zero-order valence-corrected chi connectivity index (χ0v) is 16.9. The molecule has 2 aromatic carbocycles. The Morgan fingerprint density at radius 3 is 2.59 bits per heavy atom. The molecule has 0 aliphatic carbocycles. The van der Waals surface area contributed by atoms with Gasteiger partial charge in [0.05, 0.1) is 16.9 Å². The molecule has 0 radical (unpaired) electrons. The maximum Gasteiger partial charge on any atom is 0.259 e. The molecule has 3 N–H and O–H groups in total. The largest absolute Gasteiger partial charge is 0.489 e. The standard InChI is InChI=1S/C23H27N3O3/c1-14-15(2)29-21-17(14)7-6-8-18(21)23(28)25-19-13-16(22(24)27)9-10-20(19)26-11-4-3-5-12-26/h6-10,13-15H,3-5,11-12H2,1-2H3,(H2,24,27)(H,25,28). The molecular formula is C23H27N3O3. The first-order valence-corrected chi connectivity index (χ1v) is 10.3. The van der Waals surface area contributed by atoms with E-state index in [0.29, 0.717) is 22.6 Å². The summed E-state index contributed by atoms with van der Waals surface area (Å²) in [7, 11) is 0. The molecule has 2 amide bonds. The number of ether oxygens (including phenoxy) is 1. The molecule has 2 unspecified atom stereocenters. The molecule has 4 rings (SSSR count). The van der Waals surface area contributed by atoms with Crippen molar-refractivity contribution in [1.29, 1.82) is 0 Å². The Morgan fingerprint density at radius 2 is 1.86 bits per heavy atom. The number of hydrogen-bond acceptors (Lipinski definition) is 4. The second-order valence-corrected chi connectivity index (χ2v) is 7.93. The van der Waals surface area contributed by atoms with Crippen LogP contribution in [0.3, 0.4) is 0 Å². The maximum absolute atomic E-state index is 13.2. The van der Waals surface area contributed by atoms with Gasteiger partial charge in [0.15, 0.2) is 0 Å². The minimum atomic E-state index is -0.516. The molecule has 2 aliphatic rings. The van der Waals surface area contributed by atoms with E-state index in [0.717, 1.165) is 37.2 Å². The number of para-hydroxylation sites is 1. The molecule has 0 spiro atoms. The van der Waals surface area contributed by atoms with E-state index in [4.69, 9.17) is 10.5 Å². The molecule has 0 bridgehead atoms. The minimum absolute atomic E-state index is 0.0288. The number of carbonyl (C=O) groups excluding carboxylic acids is 2. The van der Waals surface area contributed by atoms with Crippen LogP contribution in [-0.2, 0) is 0 Å². The molecule has 29 heavy (non-hydrogen) atoms. The molecule has 1 saturated heterocycles. The summed E-state index contributed by atoms with van der Waals surface area (Å²) in [6.07, 6.45) is 3.46. The van der Waals surface area contributed by atoms with Gasteiger partial charge in [-0.15, -0.1) is 0 Å². The van der Waals surface area contributed by atoms with Crippen LogP contribution in [0.2, 0.25) is 0 Å². The zero-order valence-electron chi connectivity index (χ0n) is 16.9. The summed E-state index contributed by atoms with van der Waals surface area (Å²) in [4.78, 5) is 27.1. The van der Waals surface area contributed by atoms with Crippen molar-refractivity contribution in [1.82, 2.24) is 0 Å². The number of fused-ring (bicyclic) bond motifs is 1. The summed E-state index contributed by atoms with van der Waals surface area (Å²) >= 11 is 0. The Morgan fingerprint density at radius 1 is 1.10 bits per heavy atom. The highest BCUT2D eigenvalue weighted by Gasteiger charge is 2.31. The van der Waals surface area contributed by atoms with E-state index in [1.807, 2.05) is 25.1 Å². The summed E-state index contributed by atoms with van der Waals surface area (Å²) < 4.78 is 5.97. The van der Waals surface area contributed by atoms with Gasteiger partial charge >= 0.3 is 0 Å². The maximum atomic E-state index is 13.2. The molecule has 6 heteroatoms. The van der Waals surface area contributed by atoms with Gasteiger partial charge in [0.1, 0.15) is 11.9 Å². The van der Waals surface area contributed by atoms with Crippen LogP contribution in [0.15, 0.2) is 36.4 Å². The van der Waals surface area contributed by atoms with Crippen molar-refractivity contribution in [2.75, 3.05) is 23.3 Å². The van der Waals surface area contributed by atoms with Gasteiger partial charge in [-0.3, -0.25) is 9.59 Å². The van der Waals surface area contributed by atoms with E-state index in [9.17, 15) is 9.59 Å². The third kappa shape index (κ3) is 3.67. The zero-order chi connectivity index (χ0) is 20.5. The molecule has 152 valence electrons. The third-order valence-corrected chi connectivity index (χ3v) is 6.01. The normalized spacial score (nSPS) is 20.7. The van der Waals surface area contributed by atoms with E-state index in [1.54, 1.807) is 18.2 Å². The molecule has 2 heterocycles. The fourth-order valence-electron chi connectivity index (χ4n) is 4.15. The Balaban J connectivity index is 1.68. The smallest absolute Gasteiger partial charge is 0.259 e. The summed E-state index contributed by atoms with van der Waals surface area (Å²) in [5.41, 5.74) is 8.92. The number of hydrogen-bond donors (Lipinski definition) is 2. The monoisotopic (exact) mass is 393 g/mol. The second-order valence-electron chi connectivity index (χ2n) is 7.93. The quantitative estimate of drug-likeness (QED) is 0.825. The predicted molar refractivity (Wildman–Crippen MR) is 114 cm³/mol.